The SMILES string of the molecule is CCOC(=O)C(C)Nc1cc(OCC)nc(C)n1. The van der Waals surface area contributed by atoms with E-state index in [1.165, 1.54) is 0 Å². The Morgan fingerprint density at radius 1 is 1.39 bits per heavy atom. The number of aryl methyl sites for hydroxylation is 1. The second-order valence-electron chi connectivity index (χ2n) is 3.69. The van der Waals surface area contributed by atoms with Gasteiger partial charge < -0.3 is 14.8 Å². The zero-order valence-corrected chi connectivity index (χ0v) is 11.2. The maximum Gasteiger partial charge on any atom is 0.328 e. The van der Waals surface area contributed by atoms with Crippen LogP contribution in [0.2, 0.25) is 0 Å². The van der Waals surface area contributed by atoms with E-state index in [-0.39, 0.29) is 5.97 Å². The second kappa shape index (κ2) is 6.78. The Bertz CT molecular complexity index is 410. The highest BCUT2D eigenvalue weighted by atomic mass is 16.5. The molecule has 0 aliphatic carbocycles. The van der Waals surface area contributed by atoms with Gasteiger partial charge >= 0.3 is 5.97 Å². The van der Waals surface area contributed by atoms with Crippen molar-refractivity contribution < 1.29 is 14.3 Å². The van der Waals surface area contributed by atoms with Gasteiger partial charge in [0.1, 0.15) is 17.7 Å². The average molecular weight is 253 g/mol. The van der Waals surface area contributed by atoms with E-state index in [0.29, 0.717) is 30.7 Å². The molecule has 1 aromatic rings. The maximum absolute atomic E-state index is 11.5. The Labute approximate surface area is 107 Å². The van der Waals surface area contributed by atoms with Gasteiger partial charge in [-0.05, 0) is 27.7 Å². The molecule has 6 heteroatoms. The number of carbonyl (C=O) groups is 1. The van der Waals surface area contributed by atoms with E-state index in [2.05, 4.69) is 15.3 Å². The van der Waals surface area contributed by atoms with E-state index in [1.807, 2.05) is 6.92 Å². The van der Waals surface area contributed by atoms with Crippen LogP contribution in [0.1, 0.15) is 26.6 Å². The lowest BCUT2D eigenvalue weighted by Crippen LogP contribution is -2.28. The highest BCUT2D eigenvalue weighted by Crippen LogP contribution is 2.14. The molecule has 1 N–H and O–H groups in total. The molecular formula is C12H19N3O3. The van der Waals surface area contributed by atoms with Crippen LogP contribution in [0.15, 0.2) is 6.07 Å². The third kappa shape index (κ3) is 4.20. The van der Waals surface area contributed by atoms with Crippen molar-refractivity contribution in [3.63, 3.8) is 0 Å². The number of ether oxygens (including phenoxy) is 2. The average Bonchev–Trinajstić information content (AvgIpc) is 2.28. The summed E-state index contributed by atoms with van der Waals surface area (Å²) in [7, 11) is 0. The van der Waals surface area contributed by atoms with Crippen molar-refractivity contribution in [3.8, 4) is 5.88 Å². The first-order valence-electron chi connectivity index (χ1n) is 5.98. The van der Waals surface area contributed by atoms with Crippen molar-refractivity contribution in [1.29, 1.82) is 0 Å². The van der Waals surface area contributed by atoms with Crippen LogP contribution in [-0.4, -0.2) is 35.2 Å². The third-order valence-corrected chi connectivity index (χ3v) is 2.11. The number of rotatable bonds is 6. The van der Waals surface area contributed by atoms with E-state index < -0.39 is 6.04 Å². The number of nitrogens with one attached hydrogen (secondary N) is 1. The highest BCUT2D eigenvalue weighted by molar-refractivity contribution is 5.78. The minimum atomic E-state index is -0.464. The van der Waals surface area contributed by atoms with Gasteiger partial charge in [0.05, 0.1) is 13.2 Å². The summed E-state index contributed by atoms with van der Waals surface area (Å²) in [5, 5.41) is 2.96. The van der Waals surface area contributed by atoms with Crippen LogP contribution in [0.25, 0.3) is 0 Å². The number of aromatic nitrogens is 2. The molecule has 0 saturated carbocycles. The first kappa shape index (κ1) is 14.2. The number of anilines is 1. The minimum absolute atomic E-state index is 0.313. The fraction of sp³-hybridized carbons (Fsp3) is 0.583. The Morgan fingerprint density at radius 2 is 2.11 bits per heavy atom. The third-order valence-electron chi connectivity index (χ3n) is 2.11. The molecule has 1 unspecified atom stereocenters. The molecule has 0 fully saturated rings. The van der Waals surface area contributed by atoms with E-state index >= 15 is 0 Å². The van der Waals surface area contributed by atoms with E-state index in [0.717, 1.165) is 0 Å². The summed E-state index contributed by atoms with van der Waals surface area (Å²) >= 11 is 0. The molecule has 1 aromatic heterocycles. The first-order valence-corrected chi connectivity index (χ1v) is 5.98. The minimum Gasteiger partial charge on any atom is -0.478 e. The Hall–Kier alpha value is -1.85. The molecule has 0 radical (unpaired) electrons. The lowest BCUT2D eigenvalue weighted by atomic mass is 10.3. The lowest BCUT2D eigenvalue weighted by Gasteiger charge is -2.14. The summed E-state index contributed by atoms with van der Waals surface area (Å²) in [5.74, 6) is 1.31. The molecule has 6 nitrogen and oxygen atoms in total. The lowest BCUT2D eigenvalue weighted by molar-refractivity contribution is -0.143. The molecule has 0 spiro atoms. The fourth-order valence-corrected chi connectivity index (χ4v) is 1.38. The van der Waals surface area contributed by atoms with Crippen molar-refractivity contribution in [1.82, 2.24) is 9.97 Å². The number of hydrogen-bond donors (Lipinski definition) is 1. The molecule has 18 heavy (non-hydrogen) atoms. The second-order valence-corrected chi connectivity index (χ2v) is 3.69. The van der Waals surface area contributed by atoms with Gasteiger partial charge in [0.15, 0.2) is 0 Å². The van der Waals surface area contributed by atoms with E-state index in [9.17, 15) is 4.79 Å². The zero-order chi connectivity index (χ0) is 13.5. The first-order chi connectivity index (χ1) is 8.56. The van der Waals surface area contributed by atoms with Crippen LogP contribution in [0.5, 0.6) is 5.88 Å². The van der Waals surface area contributed by atoms with Gasteiger partial charge in [-0.1, -0.05) is 0 Å². The molecule has 0 saturated heterocycles. The molecular weight excluding hydrogens is 234 g/mol. The molecule has 0 amide bonds. The van der Waals surface area contributed by atoms with Crippen LogP contribution in [0, 0.1) is 6.92 Å². The summed E-state index contributed by atoms with van der Waals surface area (Å²) in [6, 6.07) is 1.19. The summed E-state index contributed by atoms with van der Waals surface area (Å²) in [6.45, 7) is 8.03. The van der Waals surface area contributed by atoms with Crippen molar-refractivity contribution >= 4 is 11.8 Å². The fourth-order valence-electron chi connectivity index (χ4n) is 1.38. The Morgan fingerprint density at radius 3 is 2.72 bits per heavy atom. The molecule has 0 aliphatic rings. The molecule has 100 valence electrons. The smallest absolute Gasteiger partial charge is 0.328 e. The predicted octanol–water partition coefficient (Wildman–Crippen LogP) is 1.55. The number of hydrogen-bond acceptors (Lipinski definition) is 6. The van der Waals surface area contributed by atoms with E-state index in [4.69, 9.17) is 9.47 Å². The van der Waals surface area contributed by atoms with Crippen LogP contribution in [0.3, 0.4) is 0 Å². The monoisotopic (exact) mass is 253 g/mol. The zero-order valence-electron chi connectivity index (χ0n) is 11.2. The molecule has 0 aromatic carbocycles. The van der Waals surface area contributed by atoms with Crippen LogP contribution < -0.4 is 10.1 Å². The van der Waals surface area contributed by atoms with E-state index in [1.54, 1.807) is 26.8 Å². The quantitative estimate of drug-likeness (QED) is 0.775. The number of carbonyl (C=O) groups excluding carboxylic acids is 1. The van der Waals surface area contributed by atoms with Gasteiger partial charge in [-0.25, -0.2) is 9.78 Å². The predicted molar refractivity (Wildman–Crippen MR) is 67.7 cm³/mol. The standard InChI is InChI=1S/C12H19N3O3/c1-5-17-11-7-10(14-9(4)15-11)13-8(3)12(16)18-6-2/h7-8H,5-6H2,1-4H3,(H,13,14,15). The number of nitrogens with zero attached hydrogens (tertiary/aromatic N) is 2. The Kier molecular flexibility index (Phi) is 5.35. The summed E-state index contributed by atoms with van der Waals surface area (Å²) in [5.41, 5.74) is 0. The van der Waals surface area contributed by atoms with Crippen LogP contribution >= 0.6 is 0 Å². The normalized spacial score (nSPS) is 11.8. The molecule has 1 heterocycles. The van der Waals surface area contributed by atoms with Gasteiger partial charge in [-0.15, -0.1) is 0 Å². The maximum atomic E-state index is 11.5. The largest absolute Gasteiger partial charge is 0.478 e. The topological polar surface area (TPSA) is 73.3 Å². The van der Waals surface area contributed by atoms with Crippen molar-refractivity contribution in [3.05, 3.63) is 11.9 Å². The van der Waals surface area contributed by atoms with Crippen molar-refractivity contribution in [2.45, 2.75) is 33.7 Å². The van der Waals surface area contributed by atoms with Crippen LogP contribution in [0.4, 0.5) is 5.82 Å². The Balaban J connectivity index is 2.74. The van der Waals surface area contributed by atoms with Crippen LogP contribution in [-0.2, 0) is 9.53 Å². The van der Waals surface area contributed by atoms with Gasteiger partial charge in [-0.2, -0.15) is 4.98 Å². The molecule has 1 atom stereocenters. The number of esters is 1. The van der Waals surface area contributed by atoms with Gasteiger partial charge in [-0.3, -0.25) is 0 Å². The molecule has 0 aliphatic heterocycles. The summed E-state index contributed by atoms with van der Waals surface area (Å²) in [4.78, 5) is 19.8. The molecule has 1 rings (SSSR count). The van der Waals surface area contributed by atoms with Crippen molar-refractivity contribution in [2.24, 2.45) is 0 Å². The van der Waals surface area contributed by atoms with Gasteiger partial charge in [0.25, 0.3) is 0 Å². The molecule has 0 bridgehead atoms. The van der Waals surface area contributed by atoms with Gasteiger partial charge in [0, 0.05) is 6.07 Å². The summed E-state index contributed by atoms with van der Waals surface area (Å²) in [6.07, 6.45) is 0. The summed E-state index contributed by atoms with van der Waals surface area (Å²) < 4.78 is 10.2. The van der Waals surface area contributed by atoms with Gasteiger partial charge in [0.2, 0.25) is 5.88 Å². The highest BCUT2D eigenvalue weighted by Gasteiger charge is 2.14. The van der Waals surface area contributed by atoms with Crippen molar-refractivity contribution in [2.75, 3.05) is 18.5 Å².